The van der Waals surface area contributed by atoms with Crippen molar-refractivity contribution in [1.82, 2.24) is 0 Å². The van der Waals surface area contributed by atoms with Crippen LogP contribution in [0.5, 0.6) is 0 Å². The molecule has 4 nitrogen and oxygen atoms in total. The van der Waals surface area contributed by atoms with E-state index in [9.17, 15) is 9.00 Å². The Morgan fingerprint density at radius 2 is 2.27 bits per heavy atom. The smallest absolute Gasteiger partial charge is 0.336 e. The summed E-state index contributed by atoms with van der Waals surface area (Å²) in [5.41, 5.74) is 0.0405. The van der Waals surface area contributed by atoms with E-state index in [0.29, 0.717) is 9.37 Å². The van der Waals surface area contributed by atoms with Crippen LogP contribution < -0.4 is 0 Å². The lowest BCUT2D eigenvalue weighted by Crippen LogP contribution is -2.01. The van der Waals surface area contributed by atoms with Crippen molar-refractivity contribution in [3.63, 3.8) is 0 Å². The van der Waals surface area contributed by atoms with Crippen LogP contribution in [0.25, 0.3) is 0 Å². The molecule has 1 aromatic carbocycles. The van der Waals surface area contributed by atoms with Crippen LogP contribution in [0.4, 0.5) is 0 Å². The lowest BCUT2D eigenvalue weighted by molar-refractivity contribution is 0.0695. The molecule has 0 aliphatic heterocycles. The van der Waals surface area contributed by atoms with Gasteiger partial charge in [0.1, 0.15) is 5.75 Å². The first-order chi connectivity index (χ1) is 7.06. The van der Waals surface area contributed by atoms with E-state index in [4.69, 9.17) is 10.4 Å². The molecule has 0 heterocycles. The van der Waals surface area contributed by atoms with Crippen LogP contribution in [0.15, 0.2) is 27.6 Å². The van der Waals surface area contributed by atoms with E-state index in [1.54, 1.807) is 6.07 Å². The fourth-order valence-corrected chi connectivity index (χ4v) is 2.12. The van der Waals surface area contributed by atoms with Gasteiger partial charge >= 0.3 is 5.97 Å². The fourth-order valence-electron chi connectivity index (χ4n) is 0.952. The molecular weight excluding hydrogens is 282 g/mol. The Labute approximate surface area is 97.1 Å². The van der Waals surface area contributed by atoms with Crippen LogP contribution in [0.2, 0.25) is 0 Å². The molecule has 0 spiro atoms. The molecule has 6 heteroatoms. The molecule has 0 saturated carbocycles. The SMILES string of the molecule is N#CCS(=O)c1ccc(Br)c(C(=O)O)c1. The highest BCUT2D eigenvalue weighted by Crippen LogP contribution is 2.20. The summed E-state index contributed by atoms with van der Waals surface area (Å²) in [6.07, 6.45) is 0. The summed E-state index contributed by atoms with van der Waals surface area (Å²) in [4.78, 5) is 11.1. The molecule has 0 fully saturated rings. The zero-order valence-corrected chi connectivity index (χ0v) is 9.84. The summed E-state index contributed by atoms with van der Waals surface area (Å²) in [6.45, 7) is 0. The van der Waals surface area contributed by atoms with Gasteiger partial charge in [0.15, 0.2) is 0 Å². The van der Waals surface area contributed by atoms with E-state index in [1.807, 2.05) is 0 Å². The van der Waals surface area contributed by atoms with Gasteiger partial charge in [-0.05, 0) is 34.1 Å². The Kier molecular flexibility index (Phi) is 4.00. The van der Waals surface area contributed by atoms with E-state index < -0.39 is 16.8 Å². The molecular formula is C9H6BrNO3S. The van der Waals surface area contributed by atoms with Gasteiger partial charge in [-0.15, -0.1) is 0 Å². The first-order valence-corrected chi connectivity index (χ1v) is 5.95. The Bertz CT molecular complexity index is 467. The Hall–Kier alpha value is -1.19. The molecule has 15 heavy (non-hydrogen) atoms. The Morgan fingerprint density at radius 3 is 2.80 bits per heavy atom. The predicted molar refractivity (Wildman–Crippen MR) is 58.0 cm³/mol. The number of aromatic carboxylic acids is 1. The zero-order chi connectivity index (χ0) is 11.4. The lowest BCUT2D eigenvalue weighted by atomic mass is 10.2. The van der Waals surface area contributed by atoms with Gasteiger partial charge in [0.2, 0.25) is 0 Å². The van der Waals surface area contributed by atoms with E-state index in [0.717, 1.165) is 0 Å². The second kappa shape index (κ2) is 5.05. The summed E-state index contributed by atoms with van der Waals surface area (Å²) >= 11 is 3.07. The minimum Gasteiger partial charge on any atom is -0.478 e. The maximum atomic E-state index is 11.4. The molecule has 0 radical (unpaired) electrons. The molecule has 0 aromatic heterocycles. The molecule has 0 aliphatic rings. The van der Waals surface area contributed by atoms with Crippen LogP contribution in [0.3, 0.4) is 0 Å². The molecule has 1 unspecified atom stereocenters. The normalized spacial score (nSPS) is 11.7. The van der Waals surface area contributed by atoms with E-state index in [1.165, 1.54) is 18.2 Å². The molecule has 0 aliphatic carbocycles. The monoisotopic (exact) mass is 287 g/mol. The summed E-state index contributed by atoms with van der Waals surface area (Å²) < 4.78 is 11.8. The third kappa shape index (κ3) is 2.88. The molecule has 1 rings (SSSR count). The summed E-state index contributed by atoms with van der Waals surface area (Å²) in [5.74, 6) is -1.24. The molecule has 1 N–H and O–H groups in total. The van der Waals surface area contributed by atoms with Crippen molar-refractivity contribution in [2.75, 3.05) is 5.75 Å². The number of nitrogens with zero attached hydrogens (tertiary/aromatic N) is 1. The Balaban J connectivity index is 3.14. The van der Waals surface area contributed by atoms with Gasteiger partial charge in [0.25, 0.3) is 0 Å². The van der Waals surface area contributed by atoms with Crippen molar-refractivity contribution in [1.29, 1.82) is 5.26 Å². The molecule has 0 amide bonds. The van der Waals surface area contributed by atoms with Crippen LogP contribution >= 0.6 is 15.9 Å². The van der Waals surface area contributed by atoms with Crippen LogP contribution in [0.1, 0.15) is 10.4 Å². The molecule has 0 bridgehead atoms. The number of benzene rings is 1. The number of rotatable bonds is 3. The largest absolute Gasteiger partial charge is 0.478 e. The number of carbonyl (C=O) groups is 1. The Morgan fingerprint density at radius 1 is 1.60 bits per heavy atom. The van der Waals surface area contributed by atoms with Crippen molar-refractivity contribution in [3.8, 4) is 6.07 Å². The third-order valence-electron chi connectivity index (χ3n) is 1.63. The highest BCUT2D eigenvalue weighted by atomic mass is 79.9. The fraction of sp³-hybridized carbons (Fsp3) is 0.111. The number of nitriles is 1. The maximum absolute atomic E-state index is 11.4. The van der Waals surface area contributed by atoms with Gasteiger partial charge in [-0.1, -0.05) is 0 Å². The van der Waals surface area contributed by atoms with Crippen molar-refractivity contribution in [2.45, 2.75) is 4.90 Å². The average molecular weight is 288 g/mol. The van der Waals surface area contributed by atoms with Crippen molar-refractivity contribution >= 4 is 32.7 Å². The number of hydrogen-bond acceptors (Lipinski definition) is 3. The summed E-state index contributed by atoms with van der Waals surface area (Å²) in [7, 11) is -1.46. The number of hydrogen-bond donors (Lipinski definition) is 1. The van der Waals surface area contributed by atoms with E-state index >= 15 is 0 Å². The van der Waals surface area contributed by atoms with Gasteiger partial charge in [0, 0.05) is 9.37 Å². The van der Waals surface area contributed by atoms with Crippen molar-refractivity contribution in [3.05, 3.63) is 28.2 Å². The van der Waals surface area contributed by atoms with Gasteiger partial charge < -0.3 is 5.11 Å². The van der Waals surface area contributed by atoms with Gasteiger partial charge in [-0.25, -0.2) is 4.79 Å². The summed E-state index contributed by atoms with van der Waals surface area (Å²) in [6, 6.07) is 6.12. The quantitative estimate of drug-likeness (QED) is 0.919. The van der Waals surface area contributed by atoms with Crippen LogP contribution in [0, 0.1) is 11.3 Å². The highest BCUT2D eigenvalue weighted by molar-refractivity contribution is 9.10. The molecule has 78 valence electrons. The number of carboxylic acid groups (broad SMARTS) is 1. The van der Waals surface area contributed by atoms with Gasteiger partial charge in [-0.3, -0.25) is 4.21 Å². The lowest BCUT2D eigenvalue weighted by Gasteiger charge is -2.02. The maximum Gasteiger partial charge on any atom is 0.336 e. The van der Waals surface area contributed by atoms with E-state index in [-0.39, 0.29) is 11.3 Å². The molecule has 0 saturated heterocycles. The van der Waals surface area contributed by atoms with Crippen LogP contribution in [-0.2, 0) is 10.8 Å². The summed E-state index contributed by atoms with van der Waals surface area (Å²) in [5, 5.41) is 17.2. The molecule has 1 atom stereocenters. The first-order valence-electron chi connectivity index (χ1n) is 3.84. The van der Waals surface area contributed by atoms with Crippen molar-refractivity contribution in [2.24, 2.45) is 0 Å². The van der Waals surface area contributed by atoms with Crippen molar-refractivity contribution < 1.29 is 14.1 Å². The minimum absolute atomic E-state index is 0.0405. The van der Waals surface area contributed by atoms with Crippen LogP contribution in [-0.4, -0.2) is 21.0 Å². The zero-order valence-electron chi connectivity index (χ0n) is 7.44. The topological polar surface area (TPSA) is 78.2 Å². The standard InChI is InChI=1S/C9H6BrNO3S/c10-8-2-1-6(15(14)4-3-11)5-7(8)9(12)13/h1-2,5H,4H2,(H,12,13). The second-order valence-corrected chi connectivity index (χ2v) is 4.90. The third-order valence-corrected chi connectivity index (χ3v) is 3.49. The minimum atomic E-state index is -1.46. The predicted octanol–water partition coefficient (Wildman–Crippen LogP) is 1.78. The molecule has 1 aromatic rings. The highest BCUT2D eigenvalue weighted by Gasteiger charge is 2.11. The van der Waals surface area contributed by atoms with Gasteiger partial charge in [0.05, 0.1) is 22.4 Å². The first kappa shape index (κ1) is 11.9. The van der Waals surface area contributed by atoms with Gasteiger partial charge in [-0.2, -0.15) is 5.26 Å². The number of halogens is 1. The second-order valence-electron chi connectivity index (χ2n) is 2.59. The van der Waals surface area contributed by atoms with E-state index in [2.05, 4.69) is 15.9 Å². The average Bonchev–Trinajstić information content (AvgIpc) is 2.18. The number of carboxylic acids is 1.